The van der Waals surface area contributed by atoms with E-state index in [1.54, 1.807) is 0 Å². The van der Waals surface area contributed by atoms with Crippen LogP contribution >= 0.6 is 0 Å². The topological polar surface area (TPSA) is 115 Å². The van der Waals surface area contributed by atoms with Gasteiger partial charge in [0, 0.05) is 23.6 Å². The second kappa shape index (κ2) is 13.2. The molecule has 2 aliphatic rings. The molecule has 6 atom stereocenters. The molecular formula is C29H33N3O6. The van der Waals surface area contributed by atoms with Crippen molar-refractivity contribution in [2.45, 2.75) is 62.9 Å². The highest BCUT2D eigenvalue weighted by molar-refractivity contribution is 5.82. The number of benzene rings is 3. The number of aliphatic hydroxyl groups excluding tert-OH is 1. The van der Waals surface area contributed by atoms with Gasteiger partial charge in [0.25, 0.3) is 0 Å². The quantitative estimate of drug-likeness (QED) is 0.156. The van der Waals surface area contributed by atoms with E-state index in [4.69, 9.17) is 29.2 Å². The molecule has 0 bridgehead atoms. The van der Waals surface area contributed by atoms with Crippen molar-refractivity contribution in [2.75, 3.05) is 19.8 Å². The summed E-state index contributed by atoms with van der Waals surface area (Å²) >= 11 is 0. The summed E-state index contributed by atoms with van der Waals surface area (Å²) in [6.45, 7) is 1.47. The van der Waals surface area contributed by atoms with Crippen molar-refractivity contribution < 1.29 is 28.8 Å². The Balaban J connectivity index is 1.27. The first-order valence-corrected chi connectivity index (χ1v) is 13.1. The van der Waals surface area contributed by atoms with Gasteiger partial charge in [-0.25, -0.2) is 0 Å². The summed E-state index contributed by atoms with van der Waals surface area (Å²) < 4.78 is 30.7. The number of aliphatic hydroxyl groups is 1. The van der Waals surface area contributed by atoms with Gasteiger partial charge in [0.2, 0.25) is 0 Å². The van der Waals surface area contributed by atoms with Gasteiger partial charge >= 0.3 is 0 Å². The van der Waals surface area contributed by atoms with Crippen molar-refractivity contribution in [1.29, 1.82) is 0 Å². The fraction of sp³-hybridized carbons (Fsp3) is 0.448. The molecule has 200 valence electrons. The maximum Gasteiger partial charge on any atom is 0.186 e. The van der Waals surface area contributed by atoms with Gasteiger partial charge in [0.05, 0.1) is 13.2 Å². The van der Waals surface area contributed by atoms with Crippen LogP contribution in [0.4, 0.5) is 0 Å². The van der Waals surface area contributed by atoms with Crippen molar-refractivity contribution in [2.24, 2.45) is 5.11 Å². The van der Waals surface area contributed by atoms with E-state index in [1.165, 1.54) is 0 Å². The molecule has 5 rings (SSSR count). The predicted molar refractivity (Wildman–Crippen MR) is 141 cm³/mol. The summed E-state index contributed by atoms with van der Waals surface area (Å²) in [6, 6.07) is 24.1. The molecule has 0 saturated carbocycles. The molecular weight excluding hydrogens is 486 g/mol. The molecule has 0 spiro atoms. The van der Waals surface area contributed by atoms with Gasteiger partial charge in [-0.3, -0.25) is 0 Å². The van der Waals surface area contributed by atoms with Crippen LogP contribution in [-0.2, 0) is 30.3 Å². The molecule has 9 heteroatoms. The molecule has 3 aromatic rings. The van der Waals surface area contributed by atoms with Gasteiger partial charge < -0.3 is 28.8 Å². The molecule has 3 aromatic carbocycles. The fourth-order valence-electron chi connectivity index (χ4n) is 4.90. The standard InChI is InChI=1S/C29H33N3O6/c30-32-31-15-7-2-8-16-34-29-25(33)27(35-18-20-13-14-21-9-5-6-12-23(21)17-20)26-24(37-29)19-36-28(38-26)22-10-3-1-4-11-22/h1,3-6,9-14,17,24-29,33H,2,7-8,15-16,18-19H2/t24?,25?,26-,27+,28?,29-/m0/s1. The van der Waals surface area contributed by atoms with Crippen LogP contribution in [0, 0.1) is 0 Å². The first-order valence-electron chi connectivity index (χ1n) is 13.1. The summed E-state index contributed by atoms with van der Waals surface area (Å²) in [5, 5.41) is 17.1. The molecule has 2 fully saturated rings. The summed E-state index contributed by atoms with van der Waals surface area (Å²) in [5.41, 5.74) is 10.3. The van der Waals surface area contributed by atoms with Crippen molar-refractivity contribution in [3.63, 3.8) is 0 Å². The van der Waals surface area contributed by atoms with E-state index in [9.17, 15) is 5.11 Å². The van der Waals surface area contributed by atoms with Gasteiger partial charge in [0.15, 0.2) is 12.6 Å². The van der Waals surface area contributed by atoms with Crippen LogP contribution in [0.3, 0.4) is 0 Å². The van der Waals surface area contributed by atoms with Crippen LogP contribution in [0.1, 0.15) is 36.7 Å². The second-order valence-corrected chi connectivity index (χ2v) is 9.55. The van der Waals surface area contributed by atoms with Gasteiger partial charge in [-0.1, -0.05) is 78.3 Å². The van der Waals surface area contributed by atoms with Crippen molar-refractivity contribution in [3.05, 3.63) is 94.4 Å². The van der Waals surface area contributed by atoms with Gasteiger partial charge in [-0.15, -0.1) is 0 Å². The molecule has 2 heterocycles. The Morgan fingerprint density at radius 1 is 0.921 bits per heavy atom. The average molecular weight is 520 g/mol. The van der Waals surface area contributed by atoms with Crippen LogP contribution in [0.15, 0.2) is 77.9 Å². The molecule has 2 saturated heterocycles. The first-order chi connectivity index (χ1) is 18.7. The lowest BCUT2D eigenvalue weighted by atomic mass is 9.97. The minimum atomic E-state index is -1.05. The third-order valence-electron chi connectivity index (χ3n) is 6.88. The Kier molecular flexibility index (Phi) is 9.22. The Morgan fingerprint density at radius 2 is 1.74 bits per heavy atom. The highest BCUT2D eigenvalue weighted by Crippen LogP contribution is 2.36. The number of azide groups is 1. The van der Waals surface area contributed by atoms with E-state index in [0.717, 1.165) is 41.2 Å². The summed E-state index contributed by atoms with van der Waals surface area (Å²) in [5.74, 6) is 0. The molecule has 0 amide bonds. The Bertz CT molecular complexity index is 1220. The Labute approximate surface area is 221 Å². The van der Waals surface area contributed by atoms with Gasteiger partial charge in [-0.05, 0) is 40.8 Å². The van der Waals surface area contributed by atoms with Crippen molar-refractivity contribution in [3.8, 4) is 0 Å². The van der Waals surface area contributed by atoms with Crippen molar-refractivity contribution in [1.82, 2.24) is 0 Å². The molecule has 9 nitrogen and oxygen atoms in total. The maximum atomic E-state index is 11.3. The minimum Gasteiger partial charge on any atom is -0.385 e. The molecule has 38 heavy (non-hydrogen) atoms. The minimum absolute atomic E-state index is 0.290. The monoisotopic (exact) mass is 519 g/mol. The first kappa shape index (κ1) is 26.6. The molecule has 3 unspecified atom stereocenters. The highest BCUT2D eigenvalue weighted by Gasteiger charge is 2.50. The molecule has 0 aliphatic carbocycles. The lowest BCUT2D eigenvalue weighted by Gasteiger charge is -2.47. The molecule has 1 N–H and O–H groups in total. The number of ether oxygens (including phenoxy) is 5. The van der Waals surface area contributed by atoms with E-state index in [-0.39, 0.29) is 0 Å². The van der Waals surface area contributed by atoms with E-state index >= 15 is 0 Å². The number of hydrogen-bond donors (Lipinski definition) is 1. The number of rotatable bonds is 11. The largest absolute Gasteiger partial charge is 0.385 e. The lowest BCUT2D eigenvalue weighted by Crippen LogP contribution is -2.63. The second-order valence-electron chi connectivity index (χ2n) is 9.55. The zero-order valence-electron chi connectivity index (χ0n) is 21.2. The average Bonchev–Trinajstić information content (AvgIpc) is 2.96. The molecule has 2 aliphatic heterocycles. The summed E-state index contributed by atoms with van der Waals surface area (Å²) in [4.78, 5) is 2.77. The summed E-state index contributed by atoms with van der Waals surface area (Å²) in [7, 11) is 0. The fourth-order valence-corrected chi connectivity index (χ4v) is 4.90. The Morgan fingerprint density at radius 3 is 2.58 bits per heavy atom. The maximum absolute atomic E-state index is 11.3. The predicted octanol–water partition coefficient (Wildman–Crippen LogP) is 5.42. The lowest BCUT2D eigenvalue weighted by molar-refractivity contribution is -0.367. The third kappa shape index (κ3) is 6.51. The zero-order valence-corrected chi connectivity index (χ0v) is 21.2. The van der Waals surface area contributed by atoms with Gasteiger partial charge in [-0.2, -0.15) is 0 Å². The Hall–Kier alpha value is -3.01. The summed E-state index contributed by atoms with van der Waals surface area (Å²) in [6.07, 6.45) is -1.76. The molecule has 0 aromatic heterocycles. The highest BCUT2D eigenvalue weighted by atomic mass is 16.8. The normalized spacial score (nSPS) is 27.0. The number of nitrogens with zero attached hydrogens (tertiary/aromatic N) is 3. The third-order valence-corrected chi connectivity index (χ3v) is 6.88. The zero-order chi connectivity index (χ0) is 26.2. The van der Waals surface area contributed by atoms with Crippen molar-refractivity contribution >= 4 is 10.8 Å². The van der Waals surface area contributed by atoms with Crippen LogP contribution in [0.25, 0.3) is 21.2 Å². The van der Waals surface area contributed by atoms with Crippen LogP contribution in [-0.4, -0.2) is 55.6 Å². The number of unbranched alkanes of at least 4 members (excludes halogenated alkanes) is 2. The van der Waals surface area contributed by atoms with E-state index in [1.807, 2.05) is 48.5 Å². The van der Waals surface area contributed by atoms with Crippen LogP contribution in [0.2, 0.25) is 0 Å². The molecule has 0 radical (unpaired) electrons. The van der Waals surface area contributed by atoms with E-state index in [2.05, 4.69) is 34.3 Å². The number of hydrogen-bond acceptors (Lipinski definition) is 7. The van der Waals surface area contributed by atoms with E-state index in [0.29, 0.717) is 26.4 Å². The van der Waals surface area contributed by atoms with Crippen LogP contribution in [0.5, 0.6) is 0 Å². The van der Waals surface area contributed by atoms with Gasteiger partial charge in [0.1, 0.15) is 24.4 Å². The van der Waals surface area contributed by atoms with E-state index < -0.39 is 37.0 Å². The van der Waals surface area contributed by atoms with Crippen LogP contribution < -0.4 is 0 Å². The SMILES string of the molecule is [N-]=[N+]=NCCCCCO[C@H]1OC2COC(c3ccccc3)O[C@@H]2[C@H](OCc2ccc3ccccc3c2)C1O. The smallest absolute Gasteiger partial charge is 0.186 e. The number of fused-ring (bicyclic) bond motifs is 2.